The molecule has 0 fully saturated rings. The lowest BCUT2D eigenvalue weighted by atomic mass is 10.1. The second-order valence-electron chi connectivity index (χ2n) is 2.88. The van der Waals surface area contributed by atoms with E-state index in [0.29, 0.717) is 5.69 Å². The first-order valence-corrected chi connectivity index (χ1v) is 4.09. The molecule has 6 heteroatoms. The molecule has 15 heavy (non-hydrogen) atoms. The number of hydrogen-bond donors (Lipinski definition) is 1. The summed E-state index contributed by atoms with van der Waals surface area (Å²) in [6.45, 7) is 0. The van der Waals surface area contributed by atoms with Crippen molar-refractivity contribution >= 4 is 0 Å². The summed E-state index contributed by atoms with van der Waals surface area (Å²) in [5.41, 5.74) is -0.394. The van der Waals surface area contributed by atoms with Gasteiger partial charge < -0.3 is 4.98 Å². The van der Waals surface area contributed by atoms with Crippen LogP contribution in [0.2, 0.25) is 0 Å². The number of imidazole rings is 1. The molecule has 0 aromatic carbocycles. The van der Waals surface area contributed by atoms with E-state index in [4.69, 9.17) is 0 Å². The summed E-state index contributed by atoms with van der Waals surface area (Å²) in [5.74, 6) is 0. The van der Waals surface area contributed by atoms with Crippen molar-refractivity contribution in [2.75, 3.05) is 0 Å². The molecule has 0 radical (unpaired) electrons. The first-order chi connectivity index (χ1) is 7.09. The molecule has 1 N–H and O–H groups in total. The molecule has 0 unspecified atom stereocenters. The van der Waals surface area contributed by atoms with E-state index in [0.717, 1.165) is 6.20 Å². The molecule has 2 aromatic heterocycles. The summed E-state index contributed by atoms with van der Waals surface area (Å²) in [4.78, 5) is 9.77. The third-order valence-electron chi connectivity index (χ3n) is 1.91. The minimum atomic E-state index is -4.41. The van der Waals surface area contributed by atoms with Crippen molar-refractivity contribution in [3.63, 3.8) is 0 Å². The van der Waals surface area contributed by atoms with Gasteiger partial charge in [0, 0.05) is 18.0 Å². The number of aromatic nitrogens is 3. The Balaban J connectivity index is 2.58. The molecule has 0 amide bonds. The number of H-pyrrole nitrogens is 1. The quantitative estimate of drug-likeness (QED) is 0.790. The van der Waals surface area contributed by atoms with Crippen LogP contribution in [-0.2, 0) is 6.18 Å². The smallest absolute Gasteiger partial charge is 0.345 e. The van der Waals surface area contributed by atoms with Gasteiger partial charge in [-0.1, -0.05) is 0 Å². The molecule has 2 heterocycles. The highest BCUT2D eigenvalue weighted by Crippen LogP contribution is 2.35. The summed E-state index contributed by atoms with van der Waals surface area (Å²) < 4.78 is 37.7. The molecule has 2 aromatic rings. The Kier molecular flexibility index (Phi) is 2.18. The van der Waals surface area contributed by atoms with Gasteiger partial charge in [0.15, 0.2) is 0 Å². The zero-order valence-electron chi connectivity index (χ0n) is 7.42. The monoisotopic (exact) mass is 213 g/mol. The number of hydrogen-bond acceptors (Lipinski definition) is 2. The van der Waals surface area contributed by atoms with E-state index in [1.54, 1.807) is 0 Å². The average Bonchev–Trinajstić information content (AvgIpc) is 2.69. The van der Waals surface area contributed by atoms with Gasteiger partial charge in [0.1, 0.15) is 0 Å². The highest BCUT2D eigenvalue weighted by molar-refractivity contribution is 5.62. The maximum atomic E-state index is 12.6. The van der Waals surface area contributed by atoms with Crippen molar-refractivity contribution in [1.82, 2.24) is 15.0 Å². The number of aromatic amines is 1. The zero-order valence-corrected chi connectivity index (χ0v) is 7.42. The van der Waals surface area contributed by atoms with E-state index in [1.807, 2.05) is 0 Å². The lowest BCUT2D eigenvalue weighted by Gasteiger charge is -2.10. The predicted molar refractivity (Wildman–Crippen MR) is 46.8 cm³/mol. The van der Waals surface area contributed by atoms with Crippen LogP contribution in [0.4, 0.5) is 13.2 Å². The predicted octanol–water partition coefficient (Wildman–Crippen LogP) is 2.49. The first kappa shape index (κ1) is 9.70. The van der Waals surface area contributed by atoms with Gasteiger partial charge in [0.25, 0.3) is 0 Å². The number of alkyl halides is 3. The molecule has 0 aliphatic rings. The van der Waals surface area contributed by atoms with Crippen molar-refractivity contribution in [3.8, 4) is 11.3 Å². The SMILES string of the molecule is FC(F)(F)c1cnccc1-c1cnc[nH]1. The number of nitrogens with zero attached hydrogens (tertiary/aromatic N) is 2. The standard InChI is InChI=1S/C9H6F3N3/c10-9(11,12)7-3-13-2-1-6(7)8-4-14-5-15-8/h1-5H,(H,14,15). The van der Waals surface area contributed by atoms with Crippen molar-refractivity contribution in [2.45, 2.75) is 6.18 Å². The normalized spacial score (nSPS) is 11.7. The molecule has 0 aliphatic heterocycles. The molecule has 0 atom stereocenters. The fraction of sp³-hybridized carbons (Fsp3) is 0.111. The maximum absolute atomic E-state index is 12.6. The average molecular weight is 213 g/mol. The van der Waals surface area contributed by atoms with E-state index in [2.05, 4.69) is 15.0 Å². The second-order valence-corrected chi connectivity index (χ2v) is 2.88. The van der Waals surface area contributed by atoms with Gasteiger partial charge in [-0.2, -0.15) is 13.2 Å². The Labute approximate surface area is 83.0 Å². The molecule has 3 nitrogen and oxygen atoms in total. The summed E-state index contributed by atoms with van der Waals surface area (Å²) in [6, 6.07) is 1.30. The molecule has 0 bridgehead atoms. The van der Waals surface area contributed by atoms with Gasteiger partial charge in [-0.25, -0.2) is 4.98 Å². The van der Waals surface area contributed by atoms with Crippen LogP contribution in [-0.4, -0.2) is 15.0 Å². The Hall–Kier alpha value is -1.85. The number of rotatable bonds is 1. The second kappa shape index (κ2) is 3.38. The van der Waals surface area contributed by atoms with E-state index >= 15 is 0 Å². The van der Waals surface area contributed by atoms with Crippen LogP contribution in [0.5, 0.6) is 0 Å². The molecule has 78 valence electrons. The molecular weight excluding hydrogens is 207 g/mol. The van der Waals surface area contributed by atoms with Crippen LogP contribution in [0.25, 0.3) is 11.3 Å². The van der Waals surface area contributed by atoms with Crippen molar-refractivity contribution < 1.29 is 13.2 Å². The third kappa shape index (κ3) is 1.83. The van der Waals surface area contributed by atoms with Crippen LogP contribution in [0, 0.1) is 0 Å². The van der Waals surface area contributed by atoms with Gasteiger partial charge in [-0.3, -0.25) is 4.98 Å². The van der Waals surface area contributed by atoms with E-state index in [-0.39, 0.29) is 5.56 Å². The van der Waals surface area contributed by atoms with Crippen LogP contribution < -0.4 is 0 Å². The maximum Gasteiger partial charge on any atom is 0.418 e. The van der Waals surface area contributed by atoms with Crippen LogP contribution in [0.1, 0.15) is 5.56 Å². The zero-order chi connectivity index (χ0) is 10.9. The minimum absolute atomic E-state index is 0.0509. The lowest BCUT2D eigenvalue weighted by Crippen LogP contribution is -2.07. The molecule has 0 saturated carbocycles. The Morgan fingerprint density at radius 2 is 1.93 bits per heavy atom. The minimum Gasteiger partial charge on any atom is -0.345 e. The number of nitrogens with one attached hydrogen (secondary N) is 1. The third-order valence-corrected chi connectivity index (χ3v) is 1.91. The summed E-state index contributed by atoms with van der Waals surface area (Å²) >= 11 is 0. The highest BCUT2D eigenvalue weighted by atomic mass is 19.4. The van der Waals surface area contributed by atoms with E-state index < -0.39 is 11.7 Å². The molecule has 2 rings (SSSR count). The fourth-order valence-corrected chi connectivity index (χ4v) is 1.26. The molecule has 0 saturated heterocycles. The topological polar surface area (TPSA) is 41.6 Å². The van der Waals surface area contributed by atoms with Crippen molar-refractivity contribution in [2.24, 2.45) is 0 Å². The number of pyridine rings is 1. The lowest BCUT2D eigenvalue weighted by molar-refractivity contribution is -0.137. The Bertz CT molecular complexity index is 448. The van der Waals surface area contributed by atoms with E-state index in [9.17, 15) is 13.2 Å². The molecular formula is C9H6F3N3. The van der Waals surface area contributed by atoms with E-state index in [1.165, 1.54) is 24.8 Å². The van der Waals surface area contributed by atoms with Crippen LogP contribution in [0.3, 0.4) is 0 Å². The summed E-state index contributed by atoms with van der Waals surface area (Å²) in [6.07, 6.45) is 0.372. The van der Waals surface area contributed by atoms with Crippen LogP contribution in [0.15, 0.2) is 31.0 Å². The summed E-state index contributed by atoms with van der Waals surface area (Å²) in [5, 5.41) is 0. The van der Waals surface area contributed by atoms with Crippen molar-refractivity contribution in [1.29, 1.82) is 0 Å². The van der Waals surface area contributed by atoms with Gasteiger partial charge in [0.2, 0.25) is 0 Å². The fourth-order valence-electron chi connectivity index (χ4n) is 1.26. The molecule has 0 spiro atoms. The Morgan fingerprint density at radius 3 is 2.53 bits per heavy atom. The van der Waals surface area contributed by atoms with Gasteiger partial charge in [0.05, 0.1) is 23.8 Å². The van der Waals surface area contributed by atoms with Gasteiger partial charge >= 0.3 is 6.18 Å². The number of halogens is 3. The molecule has 0 aliphatic carbocycles. The Morgan fingerprint density at radius 1 is 1.13 bits per heavy atom. The van der Waals surface area contributed by atoms with Crippen LogP contribution >= 0.6 is 0 Å². The van der Waals surface area contributed by atoms with Gasteiger partial charge in [-0.15, -0.1) is 0 Å². The largest absolute Gasteiger partial charge is 0.418 e. The first-order valence-electron chi connectivity index (χ1n) is 4.09. The summed E-state index contributed by atoms with van der Waals surface area (Å²) in [7, 11) is 0. The highest BCUT2D eigenvalue weighted by Gasteiger charge is 2.34. The van der Waals surface area contributed by atoms with Crippen molar-refractivity contribution in [3.05, 3.63) is 36.5 Å². The van der Waals surface area contributed by atoms with Gasteiger partial charge in [-0.05, 0) is 6.07 Å².